The summed E-state index contributed by atoms with van der Waals surface area (Å²) in [5.74, 6) is 1.18. The van der Waals surface area contributed by atoms with Gasteiger partial charge in [-0.3, -0.25) is 4.79 Å². The number of carbonyl (C=O) groups is 1. The summed E-state index contributed by atoms with van der Waals surface area (Å²) in [7, 11) is 0. The molecule has 3 rings (SSSR count). The summed E-state index contributed by atoms with van der Waals surface area (Å²) in [6.45, 7) is 6.07. The average Bonchev–Trinajstić information content (AvgIpc) is 3.00. The van der Waals surface area contributed by atoms with Crippen molar-refractivity contribution in [1.82, 2.24) is 15.3 Å². The quantitative estimate of drug-likeness (QED) is 0.687. The van der Waals surface area contributed by atoms with Gasteiger partial charge in [-0.15, -0.1) is 11.8 Å². The van der Waals surface area contributed by atoms with Gasteiger partial charge in [0.15, 0.2) is 0 Å². The third-order valence-corrected chi connectivity index (χ3v) is 5.06. The van der Waals surface area contributed by atoms with Gasteiger partial charge in [0.1, 0.15) is 5.82 Å². The summed E-state index contributed by atoms with van der Waals surface area (Å²) in [4.78, 5) is 21.2. The maximum atomic E-state index is 12.2. The summed E-state index contributed by atoms with van der Waals surface area (Å²) in [5.41, 5.74) is 4.31. The van der Waals surface area contributed by atoms with E-state index >= 15 is 0 Å². The van der Waals surface area contributed by atoms with E-state index in [1.807, 2.05) is 31.2 Å². The van der Waals surface area contributed by atoms with Gasteiger partial charge in [-0.25, -0.2) is 4.98 Å². The van der Waals surface area contributed by atoms with Crippen LogP contribution in [0.15, 0.2) is 47.4 Å². The second-order valence-electron chi connectivity index (χ2n) is 5.99. The lowest BCUT2D eigenvalue weighted by Gasteiger charge is -2.12. The SMILES string of the molecule is Cc1ccc(C)c(SCC(=O)NC(C)c2nc3ccccc3[nH]2)c1. The van der Waals surface area contributed by atoms with Gasteiger partial charge in [0.05, 0.1) is 22.8 Å². The molecule has 0 aliphatic rings. The van der Waals surface area contributed by atoms with Crippen LogP contribution in [0.4, 0.5) is 0 Å². The minimum absolute atomic E-state index is 0.00821. The Morgan fingerprint density at radius 3 is 2.83 bits per heavy atom. The highest BCUT2D eigenvalue weighted by atomic mass is 32.2. The first kappa shape index (κ1) is 16.6. The fourth-order valence-electron chi connectivity index (χ4n) is 2.54. The van der Waals surface area contributed by atoms with Gasteiger partial charge in [0, 0.05) is 4.90 Å². The number of imidazole rings is 1. The van der Waals surface area contributed by atoms with Crippen LogP contribution in [0.3, 0.4) is 0 Å². The Labute approximate surface area is 146 Å². The number of para-hydroxylation sites is 2. The van der Waals surface area contributed by atoms with E-state index in [0.717, 1.165) is 21.8 Å². The van der Waals surface area contributed by atoms with Gasteiger partial charge in [0.2, 0.25) is 5.91 Å². The van der Waals surface area contributed by atoms with Crippen molar-refractivity contribution in [3.8, 4) is 0 Å². The maximum Gasteiger partial charge on any atom is 0.230 e. The summed E-state index contributed by atoms with van der Waals surface area (Å²) in [5, 5.41) is 3.01. The molecule has 1 heterocycles. The predicted molar refractivity (Wildman–Crippen MR) is 99.3 cm³/mol. The molecule has 4 nitrogen and oxygen atoms in total. The summed E-state index contributed by atoms with van der Waals surface area (Å²) >= 11 is 1.57. The molecule has 0 radical (unpaired) electrons. The van der Waals surface area contributed by atoms with Crippen LogP contribution in [0.5, 0.6) is 0 Å². The normalized spacial score (nSPS) is 12.3. The van der Waals surface area contributed by atoms with Crippen LogP contribution < -0.4 is 5.32 Å². The second-order valence-corrected chi connectivity index (χ2v) is 7.00. The Morgan fingerprint density at radius 1 is 1.25 bits per heavy atom. The van der Waals surface area contributed by atoms with Crippen molar-refractivity contribution in [3.63, 3.8) is 0 Å². The van der Waals surface area contributed by atoms with Gasteiger partial charge in [-0.05, 0) is 44.5 Å². The van der Waals surface area contributed by atoms with Crippen LogP contribution in [0, 0.1) is 13.8 Å². The average molecular weight is 339 g/mol. The molecule has 24 heavy (non-hydrogen) atoms. The summed E-state index contributed by atoms with van der Waals surface area (Å²) in [6.07, 6.45) is 0. The molecule has 5 heteroatoms. The topological polar surface area (TPSA) is 57.8 Å². The number of hydrogen-bond donors (Lipinski definition) is 2. The number of benzene rings is 2. The largest absolute Gasteiger partial charge is 0.346 e. The highest BCUT2D eigenvalue weighted by Crippen LogP contribution is 2.23. The Kier molecular flexibility index (Phi) is 4.90. The number of nitrogens with one attached hydrogen (secondary N) is 2. The van der Waals surface area contributed by atoms with Gasteiger partial charge < -0.3 is 10.3 Å². The molecule has 124 valence electrons. The highest BCUT2D eigenvalue weighted by molar-refractivity contribution is 8.00. The predicted octanol–water partition coefficient (Wildman–Crippen LogP) is 4.15. The van der Waals surface area contributed by atoms with Crippen LogP contribution in [0.1, 0.15) is 29.9 Å². The lowest BCUT2D eigenvalue weighted by molar-refractivity contribution is -0.119. The summed E-state index contributed by atoms with van der Waals surface area (Å²) < 4.78 is 0. The molecule has 0 bridgehead atoms. The third kappa shape index (κ3) is 3.79. The van der Waals surface area contributed by atoms with E-state index in [-0.39, 0.29) is 11.9 Å². The molecule has 2 aromatic carbocycles. The molecular weight excluding hydrogens is 318 g/mol. The number of nitrogens with zero attached hydrogens (tertiary/aromatic N) is 1. The van der Waals surface area contributed by atoms with Crippen LogP contribution in [-0.2, 0) is 4.79 Å². The number of thioether (sulfide) groups is 1. The molecule has 1 atom stereocenters. The van der Waals surface area contributed by atoms with E-state index < -0.39 is 0 Å². The minimum atomic E-state index is -0.149. The van der Waals surface area contributed by atoms with Crippen molar-refractivity contribution < 1.29 is 4.79 Å². The van der Waals surface area contributed by atoms with E-state index in [1.54, 1.807) is 11.8 Å². The molecular formula is C19H21N3OS. The second kappa shape index (κ2) is 7.09. The monoisotopic (exact) mass is 339 g/mol. The molecule has 3 aromatic rings. The lowest BCUT2D eigenvalue weighted by Crippen LogP contribution is -2.28. The number of hydrogen-bond acceptors (Lipinski definition) is 3. The molecule has 0 spiro atoms. The van der Waals surface area contributed by atoms with E-state index in [2.05, 4.69) is 47.3 Å². The first-order valence-corrected chi connectivity index (χ1v) is 8.95. The Bertz CT molecular complexity index is 839. The van der Waals surface area contributed by atoms with Crippen molar-refractivity contribution >= 4 is 28.7 Å². The van der Waals surface area contributed by atoms with Crippen molar-refractivity contribution in [2.24, 2.45) is 0 Å². The summed E-state index contributed by atoms with van der Waals surface area (Å²) in [6, 6.07) is 14.0. The number of aromatic amines is 1. The molecule has 0 fully saturated rings. The number of H-pyrrole nitrogens is 1. The number of rotatable bonds is 5. The van der Waals surface area contributed by atoms with Crippen molar-refractivity contribution in [2.75, 3.05) is 5.75 Å². The molecule has 0 aliphatic carbocycles. The molecule has 1 unspecified atom stereocenters. The lowest BCUT2D eigenvalue weighted by atomic mass is 10.2. The van der Waals surface area contributed by atoms with Gasteiger partial charge >= 0.3 is 0 Å². The van der Waals surface area contributed by atoms with Crippen LogP contribution in [-0.4, -0.2) is 21.6 Å². The number of aromatic nitrogens is 2. The standard InChI is InChI=1S/C19H21N3OS/c1-12-8-9-13(2)17(10-12)24-11-18(23)20-14(3)19-21-15-6-4-5-7-16(15)22-19/h4-10,14H,11H2,1-3H3,(H,20,23)(H,21,22). The number of fused-ring (bicyclic) bond motifs is 1. The van der Waals surface area contributed by atoms with Crippen molar-refractivity contribution in [1.29, 1.82) is 0 Å². The minimum Gasteiger partial charge on any atom is -0.346 e. The Morgan fingerprint density at radius 2 is 2.04 bits per heavy atom. The highest BCUT2D eigenvalue weighted by Gasteiger charge is 2.14. The molecule has 2 N–H and O–H groups in total. The maximum absolute atomic E-state index is 12.2. The van der Waals surface area contributed by atoms with Gasteiger partial charge in [-0.2, -0.15) is 0 Å². The smallest absolute Gasteiger partial charge is 0.230 e. The fraction of sp³-hybridized carbons (Fsp3) is 0.263. The number of carbonyl (C=O) groups excluding carboxylic acids is 1. The number of amides is 1. The van der Waals surface area contributed by atoms with E-state index in [0.29, 0.717) is 5.75 Å². The molecule has 0 saturated heterocycles. The zero-order chi connectivity index (χ0) is 17.1. The van der Waals surface area contributed by atoms with E-state index in [9.17, 15) is 4.79 Å². The molecule has 1 aromatic heterocycles. The van der Waals surface area contributed by atoms with E-state index in [4.69, 9.17) is 0 Å². The van der Waals surface area contributed by atoms with Gasteiger partial charge in [0.25, 0.3) is 0 Å². The zero-order valence-electron chi connectivity index (χ0n) is 14.1. The van der Waals surface area contributed by atoms with Crippen molar-refractivity contribution in [2.45, 2.75) is 31.7 Å². The number of aryl methyl sites for hydroxylation is 2. The molecule has 0 saturated carbocycles. The van der Waals surface area contributed by atoms with Crippen LogP contribution in [0.2, 0.25) is 0 Å². The van der Waals surface area contributed by atoms with E-state index in [1.165, 1.54) is 11.1 Å². The Balaban J connectivity index is 1.60. The first-order valence-electron chi connectivity index (χ1n) is 7.97. The third-order valence-electron chi connectivity index (χ3n) is 3.90. The van der Waals surface area contributed by atoms with Crippen LogP contribution in [0.25, 0.3) is 11.0 Å². The Hall–Kier alpha value is -2.27. The molecule has 0 aliphatic heterocycles. The van der Waals surface area contributed by atoms with Crippen molar-refractivity contribution in [3.05, 3.63) is 59.4 Å². The fourth-order valence-corrected chi connectivity index (χ4v) is 3.47. The van der Waals surface area contributed by atoms with Crippen LogP contribution >= 0.6 is 11.8 Å². The van der Waals surface area contributed by atoms with Gasteiger partial charge in [-0.1, -0.05) is 29.8 Å². The molecule has 1 amide bonds. The first-order chi connectivity index (χ1) is 11.5. The zero-order valence-corrected chi connectivity index (χ0v) is 14.9.